The van der Waals surface area contributed by atoms with Crippen molar-refractivity contribution in [3.63, 3.8) is 0 Å². The molecular formula is C15H23NO. The van der Waals surface area contributed by atoms with Gasteiger partial charge in [0.25, 0.3) is 0 Å². The number of hydrogen-bond acceptors (Lipinski definition) is 2. The third-order valence-electron chi connectivity index (χ3n) is 3.76. The first kappa shape index (κ1) is 12.6. The Morgan fingerprint density at radius 1 is 1.06 bits per heavy atom. The molecule has 0 atom stereocenters. The lowest BCUT2D eigenvalue weighted by Crippen LogP contribution is -2.17. The third-order valence-corrected chi connectivity index (χ3v) is 3.76. The van der Waals surface area contributed by atoms with Gasteiger partial charge in [0.1, 0.15) is 0 Å². The highest BCUT2D eigenvalue weighted by atomic mass is 16.3. The zero-order valence-electron chi connectivity index (χ0n) is 10.5. The molecule has 1 aromatic carbocycles. The predicted octanol–water partition coefficient (Wildman–Crippen LogP) is 2.82. The average Bonchev–Trinajstić information content (AvgIpc) is 2.41. The van der Waals surface area contributed by atoms with Crippen LogP contribution >= 0.6 is 0 Å². The molecule has 0 amide bonds. The molecule has 1 fully saturated rings. The van der Waals surface area contributed by atoms with E-state index in [1.165, 1.54) is 43.2 Å². The SMILES string of the molecule is OCNCCc1ccc(C2CCCCC2)cc1. The second-order valence-electron chi connectivity index (χ2n) is 4.98. The quantitative estimate of drug-likeness (QED) is 0.605. The van der Waals surface area contributed by atoms with Crippen molar-refractivity contribution in [3.8, 4) is 0 Å². The lowest BCUT2D eigenvalue weighted by Gasteiger charge is -2.22. The number of aliphatic hydroxyl groups is 1. The van der Waals surface area contributed by atoms with E-state index >= 15 is 0 Å². The minimum Gasteiger partial charge on any atom is -0.381 e. The van der Waals surface area contributed by atoms with E-state index in [-0.39, 0.29) is 6.73 Å². The Bertz CT molecular complexity index is 314. The topological polar surface area (TPSA) is 32.3 Å². The molecule has 0 radical (unpaired) electrons. The van der Waals surface area contributed by atoms with Gasteiger partial charge in [0, 0.05) is 6.54 Å². The van der Waals surface area contributed by atoms with Gasteiger partial charge >= 0.3 is 0 Å². The summed E-state index contributed by atoms with van der Waals surface area (Å²) < 4.78 is 0. The van der Waals surface area contributed by atoms with Gasteiger partial charge < -0.3 is 5.11 Å². The minimum absolute atomic E-state index is 0.0696. The molecular weight excluding hydrogens is 210 g/mol. The number of benzene rings is 1. The minimum atomic E-state index is 0.0696. The van der Waals surface area contributed by atoms with Gasteiger partial charge in [-0.2, -0.15) is 0 Å². The second-order valence-corrected chi connectivity index (χ2v) is 4.98. The first-order valence-corrected chi connectivity index (χ1v) is 6.80. The first-order valence-electron chi connectivity index (χ1n) is 6.80. The van der Waals surface area contributed by atoms with Gasteiger partial charge in [-0.25, -0.2) is 0 Å². The Morgan fingerprint density at radius 2 is 1.76 bits per heavy atom. The third kappa shape index (κ3) is 3.83. The van der Waals surface area contributed by atoms with Gasteiger partial charge in [-0.05, 0) is 36.3 Å². The predicted molar refractivity (Wildman–Crippen MR) is 71.1 cm³/mol. The van der Waals surface area contributed by atoms with Gasteiger partial charge in [-0.1, -0.05) is 43.5 Å². The number of nitrogens with one attached hydrogen (secondary N) is 1. The Kier molecular flexibility index (Phi) is 5.02. The lowest BCUT2D eigenvalue weighted by molar-refractivity contribution is 0.262. The molecule has 2 N–H and O–H groups in total. The van der Waals surface area contributed by atoms with Crippen LogP contribution in [0.4, 0.5) is 0 Å². The molecule has 0 bridgehead atoms. The van der Waals surface area contributed by atoms with E-state index < -0.39 is 0 Å². The van der Waals surface area contributed by atoms with E-state index in [4.69, 9.17) is 5.11 Å². The molecule has 0 saturated heterocycles. The maximum Gasteiger partial charge on any atom is 0.0931 e. The van der Waals surface area contributed by atoms with Crippen LogP contribution < -0.4 is 5.32 Å². The van der Waals surface area contributed by atoms with Crippen molar-refractivity contribution in [1.82, 2.24) is 5.32 Å². The fraction of sp³-hybridized carbons (Fsp3) is 0.600. The summed E-state index contributed by atoms with van der Waals surface area (Å²) in [4.78, 5) is 0. The van der Waals surface area contributed by atoms with Gasteiger partial charge in [0.05, 0.1) is 6.73 Å². The summed E-state index contributed by atoms with van der Waals surface area (Å²) in [5, 5.41) is 11.6. The van der Waals surface area contributed by atoms with Crippen LogP contribution in [0.3, 0.4) is 0 Å². The number of hydrogen-bond donors (Lipinski definition) is 2. The zero-order chi connectivity index (χ0) is 11.9. The maximum absolute atomic E-state index is 8.65. The van der Waals surface area contributed by atoms with Crippen LogP contribution in [-0.2, 0) is 6.42 Å². The summed E-state index contributed by atoms with van der Waals surface area (Å²) in [6.07, 6.45) is 7.93. The standard InChI is InChI=1S/C15H23NO/c17-12-16-11-10-13-6-8-15(9-7-13)14-4-2-1-3-5-14/h6-9,14,16-17H,1-5,10-12H2. The van der Waals surface area contributed by atoms with Crippen molar-refractivity contribution in [2.75, 3.05) is 13.3 Å². The van der Waals surface area contributed by atoms with Crippen LogP contribution in [0.5, 0.6) is 0 Å². The Balaban J connectivity index is 1.88. The van der Waals surface area contributed by atoms with E-state index in [1.54, 1.807) is 0 Å². The van der Waals surface area contributed by atoms with Crippen molar-refractivity contribution in [2.45, 2.75) is 44.4 Å². The van der Waals surface area contributed by atoms with E-state index in [0.717, 1.165) is 18.9 Å². The molecule has 0 spiro atoms. The number of aliphatic hydroxyl groups excluding tert-OH is 1. The highest BCUT2D eigenvalue weighted by molar-refractivity contribution is 5.25. The largest absolute Gasteiger partial charge is 0.381 e. The highest BCUT2D eigenvalue weighted by Gasteiger charge is 2.14. The van der Waals surface area contributed by atoms with Crippen molar-refractivity contribution < 1.29 is 5.11 Å². The van der Waals surface area contributed by atoms with Crippen molar-refractivity contribution in [1.29, 1.82) is 0 Å². The molecule has 0 heterocycles. The van der Waals surface area contributed by atoms with Crippen molar-refractivity contribution in [2.24, 2.45) is 0 Å². The Hall–Kier alpha value is -0.860. The maximum atomic E-state index is 8.65. The molecule has 0 aromatic heterocycles. The molecule has 2 heteroatoms. The van der Waals surface area contributed by atoms with Gasteiger partial charge in [0.2, 0.25) is 0 Å². The summed E-state index contributed by atoms with van der Waals surface area (Å²) in [6, 6.07) is 9.07. The van der Waals surface area contributed by atoms with E-state index in [0.29, 0.717) is 0 Å². The molecule has 2 nitrogen and oxygen atoms in total. The smallest absolute Gasteiger partial charge is 0.0931 e. The van der Waals surface area contributed by atoms with Crippen LogP contribution in [0.25, 0.3) is 0 Å². The van der Waals surface area contributed by atoms with Crippen LogP contribution in [0.1, 0.15) is 49.1 Å². The van der Waals surface area contributed by atoms with Gasteiger partial charge in [-0.15, -0.1) is 0 Å². The zero-order valence-corrected chi connectivity index (χ0v) is 10.5. The molecule has 17 heavy (non-hydrogen) atoms. The van der Waals surface area contributed by atoms with Crippen molar-refractivity contribution in [3.05, 3.63) is 35.4 Å². The Labute approximate surface area is 104 Å². The Morgan fingerprint density at radius 3 is 2.41 bits per heavy atom. The van der Waals surface area contributed by atoms with E-state index in [1.807, 2.05) is 0 Å². The molecule has 0 unspecified atom stereocenters. The average molecular weight is 233 g/mol. The summed E-state index contributed by atoms with van der Waals surface area (Å²) >= 11 is 0. The molecule has 2 rings (SSSR count). The molecule has 0 aliphatic heterocycles. The summed E-state index contributed by atoms with van der Waals surface area (Å²) in [7, 11) is 0. The highest BCUT2D eigenvalue weighted by Crippen LogP contribution is 2.32. The van der Waals surface area contributed by atoms with E-state index in [9.17, 15) is 0 Å². The molecule has 1 aliphatic rings. The van der Waals surface area contributed by atoms with E-state index in [2.05, 4.69) is 29.6 Å². The monoisotopic (exact) mass is 233 g/mol. The van der Waals surface area contributed by atoms with Crippen molar-refractivity contribution >= 4 is 0 Å². The molecule has 1 aromatic rings. The fourth-order valence-corrected chi connectivity index (χ4v) is 2.70. The first-order chi connectivity index (χ1) is 8.40. The normalized spacial score (nSPS) is 17.2. The fourth-order valence-electron chi connectivity index (χ4n) is 2.70. The second kappa shape index (κ2) is 6.77. The molecule has 1 saturated carbocycles. The summed E-state index contributed by atoms with van der Waals surface area (Å²) in [5.74, 6) is 0.799. The molecule has 94 valence electrons. The lowest BCUT2D eigenvalue weighted by atomic mass is 9.84. The van der Waals surface area contributed by atoms with Crippen LogP contribution in [0.2, 0.25) is 0 Å². The van der Waals surface area contributed by atoms with Gasteiger partial charge in [-0.3, -0.25) is 5.32 Å². The van der Waals surface area contributed by atoms with Crippen LogP contribution in [-0.4, -0.2) is 18.4 Å². The molecule has 1 aliphatic carbocycles. The summed E-state index contributed by atoms with van der Waals surface area (Å²) in [5.41, 5.74) is 2.87. The van der Waals surface area contributed by atoms with Crippen LogP contribution in [0, 0.1) is 0 Å². The van der Waals surface area contributed by atoms with Crippen LogP contribution in [0.15, 0.2) is 24.3 Å². The number of rotatable bonds is 5. The summed E-state index contributed by atoms with van der Waals surface area (Å²) in [6.45, 7) is 0.916. The van der Waals surface area contributed by atoms with Gasteiger partial charge in [0.15, 0.2) is 0 Å².